The van der Waals surface area contributed by atoms with Gasteiger partial charge in [0.25, 0.3) is 6.10 Å². The molecule has 3 aliphatic heterocycles. The maximum Gasteiger partial charge on any atom is 0.434 e. The van der Waals surface area contributed by atoms with Gasteiger partial charge in [0.1, 0.15) is 0 Å². The number of carboxylic acids is 1. The van der Waals surface area contributed by atoms with Crippen LogP contribution in [0.1, 0.15) is 37.3 Å². The first-order chi connectivity index (χ1) is 18.7. The second kappa shape index (κ2) is 10.4. The van der Waals surface area contributed by atoms with Gasteiger partial charge in [-0.25, -0.2) is 4.79 Å². The monoisotopic (exact) mass is 605 g/mol. The molecule has 1 spiro atoms. The number of nitrogens with zero attached hydrogens (tertiary/aromatic N) is 3. The molecule has 0 aliphatic carbocycles. The van der Waals surface area contributed by atoms with E-state index in [-0.39, 0.29) is 63.1 Å². The molecule has 1 atom stereocenters. The van der Waals surface area contributed by atoms with E-state index in [0.717, 1.165) is 17.0 Å². The lowest BCUT2D eigenvalue weighted by atomic mass is 9.72. The number of carbonyl (C=O) groups excluding carboxylic acids is 1. The summed E-state index contributed by atoms with van der Waals surface area (Å²) in [5.74, 6) is -1.03. The summed E-state index contributed by atoms with van der Waals surface area (Å²) in [5.41, 5.74) is -1.71. The van der Waals surface area contributed by atoms with Gasteiger partial charge in [0.15, 0.2) is 0 Å². The first-order valence-electron chi connectivity index (χ1n) is 12.7. The Hall–Kier alpha value is -2.91. The van der Waals surface area contributed by atoms with Crippen LogP contribution in [0.4, 0.5) is 50.0 Å². The summed E-state index contributed by atoms with van der Waals surface area (Å²) in [7, 11) is 0. The molecule has 7 nitrogen and oxygen atoms in total. The first kappa shape index (κ1) is 31.0. The molecule has 41 heavy (non-hydrogen) atoms. The van der Waals surface area contributed by atoms with Gasteiger partial charge >= 0.3 is 30.6 Å². The van der Waals surface area contributed by atoms with Crippen LogP contribution in [0, 0.1) is 10.8 Å². The number of hydrogen-bond donors (Lipinski definition) is 1. The van der Waals surface area contributed by atoms with Gasteiger partial charge in [-0.15, -0.1) is 0 Å². The normalized spacial score (nSPS) is 23.7. The lowest BCUT2D eigenvalue weighted by molar-refractivity contribution is -0.308. The summed E-state index contributed by atoms with van der Waals surface area (Å²) in [6.07, 6.45) is -21.4. The number of carbonyl (C=O) groups is 2. The highest BCUT2D eigenvalue weighted by Gasteiger charge is 2.60. The van der Waals surface area contributed by atoms with Crippen LogP contribution in [0.25, 0.3) is 0 Å². The summed E-state index contributed by atoms with van der Waals surface area (Å²) in [4.78, 5) is 27.9. The second-order valence-electron chi connectivity index (χ2n) is 11.4. The van der Waals surface area contributed by atoms with Crippen molar-refractivity contribution in [2.75, 3.05) is 44.2 Å². The van der Waals surface area contributed by atoms with E-state index in [1.807, 2.05) is 4.90 Å². The van der Waals surface area contributed by atoms with Crippen molar-refractivity contribution in [2.24, 2.45) is 10.8 Å². The number of likely N-dealkylation sites (tertiary alicyclic amines) is 2. The molecular formula is C25H28F9N3O4. The number of halogens is 9. The van der Waals surface area contributed by atoms with Crippen LogP contribution >= 0.6 is 0 Å². The second-order valence-corrected chi connectivity index (χ2v) is 11.4. The molecule has 0 radical (unpaired) electrons. The third-order valence-electron chi connectivity index (χ3n) is 8.08. The lowest BCUT2D eigenvalue weighted by Crippen LogP contribution is -2.60. The van der Waals surface area contributed by atoms with E-state index in [4.69, 9.17) is 0 Å². The zero-order chi connectivity index (χ0) is 30.6. The molecule has 16 heteroatoms. The van der Waals surface area contributed by atoms with Gasteiger partial charge in [0.2, 0.25) is 0 Å². The Balaban J connectivity index is 1.36. The summed E-state index contributed by atoms with van der Waals surface area (Å²) >= 11 is 0. The minimum atomic E-state index is -5.81. The number of piperidine rings is 1. The van der Waals surface area contributed by atoms with E-state index in [9.17, 15) is 54.2 Å². The Labute approximate surface area is 228 Å². The molecule has 1 aromatic carbocycles. The maximum atomic E-state index is 13.7. The van der Waals surface area contributed by atoms with Crippen LogP contribution in [0.5, 0.6) is 0 Å². The Morgan fingerprint density at radius 2 is 1.49 bits per heavy atom. The number of anilines is 1. The summed E-state index contributed by atoms with van der Waals surface area (Å²) in [6, 6.07) is 3.60. The highest BCUT2D eigenvalue weighted by molar-refractivity contribution is 5.76. The largest absolute Gasteiger partial charge is 0.481 e. The first-order valence-corrected chi connectivity index (χ1v) is 12.7. The molecule has 3 heterocycles. The van der Waals surface area contributed by atoms with Crippen molar-refractivity contribution in [1.29, 1.82) is 0 Å². The van der Waals surface area contributed by atoms with E-state index < -0.39 is 47.7 Å². The molecule has 1 amide bonds. The molecular weight excluding hydrogens is 577 g/mol. The Kier molecular flexibility index (Phi) is 7.89. The molecule has 1 aromatic rings. The van der Waals surface area contributed by atoms with E-state index in [1.165, 1.54) is 0 Å². The average Bonchev–Trinajstić information content (AvgIpc) is 3.23. The predicted molar refractivity (Wildman–Crippen MR) is 125 cm³/mol. The third-order valence-corrected chi connectivity index (χ3v) is 8.08. The molecule has 3 fully saturated rings. The van der Waals surface area contributed by atoms with Gasteiger partial charge in [0, 0.05) is 51.5 Å². The Morgan fingerprint density at radius 1 is 0.902 bits per heavy atom. The van der Waals surface area contributed by atoms with Crippen molar-refractivity contribution in [2.45, 2.75) is 57.4 Å². The van der Waals surface area contributed by atoms with Crippen molar-refractivity contribution in [3.8, 4) is 0 Å². The summed E-state index contributed by atoms with van der Waals surface area (Å²) in [5, 5.41) is 9.47. The van der Waals surface area contributed by atoms with Gasteiger partial charge in [-0.3, -0.25) is 9.69 Å². The summed E-state index contributed by atoms with van der Waals surface area (Å²) in [6.45, 7) is 2.60. The van der Waals surface area contributed by atoms with Gasteiger partial charge in [0.05, 0.1) is 11.0 Å². The molecule has 1 N–H and O–H groups in total. The number of carboxylic acid groups (broad SMARTS) is 1. The molecule has 0 saturated carbocycles. The summed E-state index contributed by atoms with van der Waals surface area (Å²) < 4.78 is 121. The van der Waals surface area contributed by atoms with Gasteiger partial charge in [-0.2, -0.15) is 39.5 Å². The fourth-order valence-electron chi connectivity index (χ4n) is 5.71. The number of ether oxygens (including phenoxy) is 1. The standard InChI is InChI=1S/C25H28F9N3O4/c1-21(19(38)39)2-5-37(12-21)17-9-15(8-16(10-17)23(26,27)28)11-35-13-22(14-35)3-6-36(7-4-22)20(40)41-18(24(29,30)31)25(32,33)34/h8-10,18H,2-7,11-14H2,1H3,(H,38,39). The number of alkyl halides is 9. The topological polar surface area (TPSA) is 73.3 Å². The lowest BCUT2D eigenvalue weighted by Gasteiger charge is -2.54. The number of aliphatic carboxylic acids is 1. The average molecular weight is 605 g/mol. The van der Waals surface area contributed by atoms with Crippen molar-refractivity contribution < 1.29 is 58.9 Å². The van der Waals surface area contributed by atoms with Crippen LogP contribution in [0.2, 0.25) is 0 Å². The fraction of sp³-hybridized carbons (Fsp3) is 0.680. The number of hydrogen-bond acceptors (Lipinski definition) is 5. The van der Waals surface area contributed by atoms with Gasteiger partial charge in [-0.05, 0) is 55.4 Å². The fourth-order valence-corrected chi connectivity index (χ4v) is 5.71. The zero-order valence-corrected chi connectivity index (χ0v) is 21.8. The van der Waals surface area contributed by atoms with Crippen molar-refractivity contribution in [3.05, 3.63) is 29.3 Å². The number of rotatable bonds is 5. The van der Waals surface area contributed by atoms with Gasteiger partial charge < -0.3 is 19.6 Å². The van der Waals surface area contributed by atoms with Crippen LogP contribution in [-0.4, -0.2) is 84.7 Å². The maximum absolute atomic E-state index is 13.7. The smallest absolute Gasteiger partial charge is 0.434 e. The Bertz CT molecular complexity index is 1140. The SMILES string of the molecule is CC1(C(=O)O)CCN(c2cc(CN3CC4(CCN(C(=O)OC(C(F)(F)F)C(F)(F)F)CC4)C3)cc(C(F)(F)F)c2)C1. The van der Waals surface area contributed by atoms with E-state index in [1.54, 1.807) is 17.9 Å². The molecule has 0 aromatic heterocycles. The quantitative estimate of drug-likeness (QED) is 0.445. The van der Waals surface area contributed by atoms with E-state index in [0.29, 0.717) is 18.7 Å². The van der Waals surface area contributed by atoms with Crippen LogP contribution in [0.15, 0.2) is 18.2 Å². The van der Waals surface area contributed by atoms with Crippen LogP contribution in [0.3, 0.4) is 0 Å². The highest BCUT2D eigenvalue weighted by atomic mass is 19.4. The van der Waals surface area contributed by atoms with Gasteiger partial charge in [-0.1, -0.05) is 0 Å². The third kappa shape index (κ3) is 6.78. The molecule has 0 bridgehead atoms. The van der Waals surface area contributed by atoms with E-state index >= 15 is 0 Å². The Morgan fingerprint density at radius 3 is 1.98 bits per heavy atom. The molecule has 3 aliphatic rings. The minimum absolute atomic E-state index is 0.0571. The molecule has 1 unspecified atom stereocenters. The number of benzene rings is 1. The number of amides is 1. The highest BCUT2D eigenvalue weighted by Crippen LogP contribution is 2.43. The molecule has 230 valence electrons. The zero-order valence-electron chi connectivity index (χ0n) is 21.8. The molecule has 4 rings (SSSR count). The van der Waals surface area contributed by atoms with Crippen molar-refractivity contribution >= 4 is 17.7 Å². The van der Waals surface area contributed by atoms with Crippen LogP contribution in [-0.2, 0) is 22.3 Å². The minimum Gasteiger partial charge on any atom is -0.481 e. The van der Waals surface area contributed by atoms with Crippen molar-refractivity contribution in [1.82, 2.24) is 9.80 Å². The van der Waals surface area contributed by atoms with E-state index in [2.05, 4.69) is 4.74 Å². The molecule has 3 saturated heterocycles. The predicted octanol–water partition coefficient (Wildman–Crippen LogP) is 5.53. The van der Waals surface area contributed by atoms with Crippen LogP contribution < -0.4 is 4.90 Å². The van der Waals surface area contributed by atoms with Crippen molar-refractivity contribution in [3.63, 3.8) is 0 Å².